The van der Waals surface area contributed by atoms with Crippen LogP contribution < -0.4 is 10.6 Å². The molecule has 1 atom stereocenters. The second kappa shape index (κ2) is 4.76. The van der Waals surface area contributed by atoms with Crippen molar-refractivity contribution in [1.29, 1.82) is 0 Å². The monoisotopic (exact) mass is 259 g/mol. The highest BCUT2D eigenvalue weighted by molar-refractivity contribution is 5.47. The Balaban J connectivity index is 2.15. The standard InChI is InChI=1S/C12H16F3N3/c1-8(16)11-5-4-10(6-17-11)18(9-2-3-9)7-12(13,14)15/h4-6,8-9H,2-3,7,16H2,1H3/t8-/m1/s1. The van der Waals surface area contributed by atoms with E-state index in [1.807, 2.05) is 0 Å². The van der Waals surface area contributed by atoms with Crippen molar-refractivity contribution in [2.45, 2.75) is 38.0 Å². The molecule has 0 amide bonds. The summed E-state index contributed by atoms with van der Waals surface area (Å²) in [6.07, 6.45) is -1.10. The average Bonchev–Trinajstić information content (AvgIpc) is 3.08. The molecule has 0 spiro atoms. The third kappa shape index (κ3) is 3.35. The zero-order chi connectivity index (χ0) is 13.3. The Morgan fingerprint density at radius 1 is 1.44 bits per heavy atom. The van der Waals surface area contributed by atoms with Crippen molar-refractivity contribution >= 4 is 5.69 Å². The van der Waals surface area contributed by atoms with Gasteiger partial charge in [-0.2, -0.15) is 13.2 Å². The summed E-state index contributed by atoms with van der Waals surface area (Å²) in [4.78, 5) is 5.48. The quantitative estimate of drug-likeness (QED) is 0.903. The van der Waals surface area contributed by atoms with Crippen LogP contribution in [-0.4, -0.2) is 23.7 Å². The number of nitrogens with zero attached hydrogens (tertiary/aromatic N) is 2. The molecule has 0 unspecified atom stereocenters. The number of hydrogen-bond acceptors (Lipinski definition) is 3. The normalized spacial score (nSPS) is 17.6. The highest BCUT2D eigenvalue weighted by atomic mass is 19.4. The maximum atomic E-state index is 12.5. The predicted octanol–water partition coefficient (Wildman–Crippen LogP) is 2.63. The van der Waals surface area contributed by atoms with Crippen LogP contribution in [-0.2, 0) is 0 Å². The van der Waals surface area contributed by atoms with E-state index < -0.39 is 12.7 Å². The fourth-order valence-corrected chi connectivity index (χ4v) is 1.85. The highest BCUT2D eigenvalue weighted by Gasteiger charge is 2.38. The van der Waals surface area contributed by atoms with Gasteiger partial charge in [0.1, 0.15) is 6.54 Å². The second-order valence-corrected chi connectivity index (χ2v) is 4.70. The molecule has 1 aliphatic carbocycles. The fraction of sp³-hybridized carbons (Fsp3) is 0.583. The predicted molar refractivity (Wildman–Crippen MR) is 63.3 cm³/mol. The molecule has 0 aliphatic heterocycles. The Bertz CT molecular complexity index is 396. The molecule has 1 saturated carbocycles. The lowest BCUT2D eigenvalue weighted by Gasteiger charge is -2.25. The molecule has 18 heavy (non-hydrogen) atoms. The number of pyridine rings is 1. The third-order valence-corrected chi connectivity index (χ3v) is 2.91. The van der Waals surface area contributed by atoms with Crippen molar-refractivity contribution in [3.63, 3.8) is 0 Å². The van der Waals surface area contributed by atoms with Crippen LogP contribution >= 0.6 is 0 Å². The van der Waals surface area contributed by atoms with E-state index in [2.05, 4.69) is 4.98 Å². The first-order chi connectivity index (χ1) is 8.37. The molecular weight excluding hydrogens is 243 g/mol. The van der Waals surface area contributed by atoms with E-state index in [1.165, 1.54) is 11.1 Å². The van der Waals surface area contributed by atoms with Crippen molar-refractivity contribution in [2.75, 3.05) is 11.4 Å². The fourth-order valence-electron chi connectivity index (χ4n) is 1.85. The van der Waals surface area contributed by atoms with Crippen LogP contribution in [0.5, 0.6) is 0 Å². The van der Waals surface area contributed by atoms with Crippen LogP contribution in [0.3, 0.4) is 0 Å². The first kappa shape index (κ1) is 13.1. The van der Waals surface area contributed by atoms with Gasteiger partial charge in [-0.1, -0.05) is 0 Å². The molecule has 1 heterocycles. The van der Waals surface area contributed by atoms with Gasteiger partial charge in [0.2, 0.25) is 0 Å². The van der Waals surface area contributed by atoms with E-state index in [1.54, 1.807) is 19.1 Å². The summed E-state index contributed by atoms with van der Waals surface area (Å²) in [5.74, 6) is 0. The van der Waals surface area contributed by atoms with Crippen molar-refractivity contribution < 1.29 is 13.2 Å². The molecule has 1 aliphatic rings. The van der Waals surface area contributed by atoms with Gasteiger partial charge in [-0.25, -0.2) is 0 Å². The number of alkyl halides is 3. The van der Waals surface area contributed by atoms with Crippen LogP contribution in [0.15, 0.2) is 18.3 Å². The van der Waals surface area contributed by atoms with Gasteiger partial charge in [0.25, 0.3) is 0 Å². The Morgan fingerprint density at radius 3 is 2.50 bits per heavy atom. The molecule has 6 heteroatoms. The lowest BCUT2D eigenvalue weighted by molar-refractivity contribution is -0.120. The van der Waals surface area contributed by atoms with Gasteiger partial charge in [0.15, 0.2) is 0 Å². The van der Waals surface area contributed by atoms with Crippen LogP contribution in [0, 0.1) is 0 Å². The molecule has 1 fully saturated rings. The lowest BCUT2D eigenvalue weighted by atomic mass is 10.2. The molecule has 0 radical (unpaired) electrons. The van der Waals surface area contributed by atoms with Crippen LogP contribution in [0.25, 0.3) is 0 Å². The number of rotatable bonds is 4. The number of hydrogen-bond donors (Lipinski definition) is 1. The average molecular weight is 259 g/mol. The summed E-state index contributed by atoms with van der Waals surface area (Å²) < 4.78 is 37.5. The van der Waals surface area contributed by atoms with Crippen molar-refractivity contribution in [1.82, 2.24) is 4.98 Å². The first-order valence-corrected chi connectivity index (χ1v) is 5.92. The van der Waals surface area contributed by atoms with E-state index in [9.17, 15) is 13.2 Å². The summed E-state index contributed by atoms with van der Waals surface area (Å²) in [5.41, 5.74) is 6.85. The summed E-state index contributed by atoms with van der Waals surface area (Å²) in [6.45, 7) is 0.868. The van der Waals surface area contributed by atoms with E-state index in [4.69, 9.17) is 5.73 Å². The topological polar surface area (TPSA) is 42.1 Å². The van der Waals surface area contributed by atoms with Crippen LogP contribution in [0.4, 0.5) is 18.9 Å². The minimum absolute atomic E-state index is 0.00502. The first-order valence-electron chi connectivity index (χ1n) is 5.92. The van der Waals surface area contributed by atoms with Gasteiger partial charge >= 0.3 is 6.18 Å². The van der Waals surface area contributed by atoms with Crippen molar-refractivity contribution in [3.8, 4) is 0 Å². The zero-order valence-electron chi connectivity index (χ0n) is 10.1. The smallest absolute Gasteiger partial charge is 0.358 e. The molecule has 2 N–H and O–H groups in total. The number of nitrogens with two attached hydrogens (primary N) is 1. The van der Waals surface area contributed by atoms with Gasteiger partial charge in [-0.05, 0) is 31.9 Å². The summed E-state index contributed by atoms with van der Waals surface area (Å²) in [7, 11) is 0. The molecule has 100 valence electrons. The van der Waals surface area contributed by atoms with Gasteiger partial charge in [0, 0.05) is 12.1 Å². The van der Waals surface area contributed by atoms with Crippen molar-refractivity contribution in [3.05, 3.63) is 24.0 Å². The van der Waals surface area contributed by atoms with Gasteiger partial charge in [-0.3, -0.25) is 4.98 Å². The minimum atomic E-state index is -4.19. The molecule has 2 rings (SSSR count). The lowest BCUT2D eigenvalue weighted by Crippen LogP contribution is -2.36. The molecule has 0 aromatic carbocycles. The summed E-state index contributed by atoms with van der Waals surface area (Å²) >= 11 is 0. The number of anilines is 1. The van der Waals surface area contributed by atoms with Crippen LogP contribution in [0.2, 0.25) is 0 Å². The highest BCUT2D eigenvalue weighted by Crippen LogP contribution is 2.34. The van der Waals surface area contributed by atoms with E-state index in [0.717, 1.165) is 12.8 Å². The Kier molecular flexibility index (Phi) is 3.47. The van der Waals surface area contributed by atoms with Gasteiger partial charge < -0.3 is 10.6 Å². The summed E-state index contributed by atoms with van der Waals surface area (Å²) in [6, 6.07) is 3.13. The minimum Gasteiger partial charge on any atom is -0.358 e. The van der Waals surface area contributed by atoms with Gasteiger partial charge in [-0.15, -0.1) is 0 Å². The third-order valence-electron chi connectivity index (χ3n) is 2.91. The SMILES string of the molecule is C[C@@H](N)c1ccc(N(CC(F)(F)F)C2CC2)cn1. The van der Waals surface area contributed by atoms with E-state index >= 15 is 0 Å². The maximum Gasteiger partial charge on any atom is 0.405 e. The summed E-state index contributed by atoms with van der Waals surface area (Å²) in [5, 5.41) is 0. The van der Waals surface area contributed by atoms with E-state index in [0.29, 0.717) is 11.4 Å². The molecule has 0 bridgehead atoms. The largest absolute Gasteiger partial charge is 0.405 e. The molecule has 1 aromatic heterocycles. The molecule has 0 saturated heterocycles. The second-order valence-electron chi connectivity index (χ2n) is 4.70. The maximum absolute atomic E-state index is 12.5. The van der Waals surface area contributed by atoms with E-state index in [-0.39, 0.29) is 12.1 Å². The van der Waals surface area contributed by atoms with Crippen LogP contribution in [0.1, 0.15) is 31.5 Å². The van der Waals surface area contributed by atoms with Gasteiger partial charge in [0.05, 0.1) is 17.6 Å². The number of halogens is 3. The molecule has 1 aromatic rings. The zero-order valence-corrected chi connectivity index (χ0v) is 10.1. The Labute approximate surface area is 104 Å². The molecule has 3 nitrogen and oxygen atoms in total. The molecular formula is C12H16F3N3. The Morgan fingerprint density at radius 2 is 2.11 bits per heavy atom. The number of aromatic nitrogens is 1. The Hall–Kier alpha value is -1.30. The van der Waals surface area contributed by atoms with Crippen molar-refractivity contribution in [2.24, 2.45) is 5.73 Å².